The zero-order chi connectivity index (χ0) is 22.4. The van der Waals surface area contributed by atoms with E-state index < -0.39 is 5.69 Å². The molecule has 0 fully saturated rings. The summed E-state index contributed by atoms with van der Waals surface area (Å²) in [6, 6.07) is 9.97. The lowest BCUT2D eigenvalue weighted by Gasteiger charge is -2.18. The Bertz CT molecular complexity index is 1450. The second-order valence-corrected chi connectivity index (χ2v) is 7.60. The van der Waals surface area contributed by atoms with E-state index in [2.05, 4.69) is 25.6 Å². The molecule has 1 amide bonds. The number of hydrogen-bond acceptors (Lipinski definition) is 8. The number of nitrogens with two attached hydrogens (primary N) is 1. The van der Waals surface area contributed by atoms with Crippen LogP contribution in [-0.4, -0.2) is 32.0 Å². The summed E-state index contributed by atoms with van der Waals surface area (Å²) in [5, 5.41) is 6.56. The van der Waals surface area contributed by atoms with Crippen LogP contribution >= 0.6 is 23.2 Å². The maximum Gasteiger partial charge on any atom is 0.355 e. The first-order valence-corrected chi connectivity index (χ1v) is 9.99. The largest absolute Gasteiger partial charge is 0.482 e. The standard InChI is InChI=1S/C20H13Cl2N7O3/c21-11-2-1-3-12(22)16(11)29-17(23)10-7-24-19(27-18(10)28-20(29)31)25-9-4-5-14-13(6-9)26-15(30)8-32-14/h1-7H,8,23H2,(H,26,30)(H,25,27,28,31). The molecule has 2 aromatic heterocycles. The van der Waals surface area contributed by atoms with Crippen LogP contribution in [0.1, 0.15) is 0 Å². The highest BCUT2D eigenvalue weighted by atomic mass is 35.5. The molecule has 1 aliphatic rings. The molecule has 0 atom stereocenters. The van der Waals surface area contributed by atoms with Crippen molar-refractivity contribution in [1.82, 2.24) is 19.5 Å². The Morgan fingerprint density at radius 3 is 2.69 bits per heavy atom. The number of nitrogens with one attached hydrogen (secondary N) is 2. The number of halogens is 2. The SMILES string of the molecule is Nc1c2cnc(Nc3ccc4c(c3)NC(=O)CO4)nc2nc(=O)n1-c1c(Cl)cccc1Cl. The molecule has 160 valence electrons. The van der Waals surface area contributed by atoms with Gasteiger partial charge < -0.3 is 21.1 Å². The quantitative estimate of drug-likeness (QED) is 0.416. The van der Waals surface area contributed by atoms with Crippen LogP contribution in [0, 0.1) is 0 Å². The maximum atomic E-state index is 12.7. The lowest BCUT2D eigenvalue weighted by molar-refractivity contribution is -0.118. The van der Waals surface area contributed by atoms with Gasteiger partial charge >= 0.3 is 5.69 Å². The maximum absolute atomic E-state index is 12.7. The summed E-state index contributed by atoms with van der Waals surface area (Å²) in [6.07, 6.45) is 1.44. The van der Waals surface area contributed by atoms with Gasteiger partial charge in [0.2, 0.25) is 5.95 Å². The first kappa shape index (κ1) is 20.0. The fourth-order valence-corrected chi connectivity index (χ4v) is 3.84. The van der Waals surface area contributed by atoms with Gasteiger partial charge in [-0.2, -0.15) is 9.97 Å². The number of anilines is 4. The van der Waals surface area contributed by atoms with Crippen molar-refractivity contribution in [3.63, 3.8) is 0 Å². The molecule has 5 rings (SSSR count). The van der Waals surface area contributed by atoms with E-state index in [0.29, 0.717) is 22.5 Å². The van der Waals surface area contributed by atoms with Crippen LogP contribution in [0.3, 0.4) is 0 Å². The second-order valence-electron chi connectivity index (χ2n) is 6.79. The number of para-hydroxylation sites is 1. The highest BCUT2D eigenvalue weighted by Gasteiger charge is 2.18. The summed E-state index contributed by atoms with van der Waals surface area (Å²) >= 11 is 12.5. The zero-order valence-electron chi connectivity index (χ0n) is 16.1. The van der Waals surface area contributed by atoms with Gasteiger partial charge in [-0.1, -0.05) is 29.3 Å². The highest BCUT2D eigenvalue weighted by molar-refractivity contribution is 6.37. The molecule has 10 nitrogen and oxygen atoms in total. The number of rotatable bonds is 3. The van der Waals surface area contributed by atoms with Gasteiger partial charge in [0.25, 0.3) is 5.91 Å². The molecule has 0 unspecified atom stereocenters. The minimum Gasteiger partial charge on any atom is -0.482 e. The van der Waals surface area contributed by atoms with E-state index in [9.17, 15) is 9.59 Å². The van der Waals surface area contributed by atoms with Gasteiger partial charge in [-0.15, -0.1) is 0 Å². The van der Waals surface area contributed by atoms with Crippen LogP contribution in [0.2, 0.25) is 10.0 Å². The summed E-state index contributed by atoms with van der Waals surface area (Å²) in [6.45, 7) is -0.0302. The number of nitrogen functional groups attached to an aromatic ring is 1. The Hall–Kier alpha value is -3.89. The van der Waals surface area contributed by atoms with E-state index in [1.54, 1.807) is 36.4 Å². The van der Waals surface area contributed by atoms with Crippen LogP contribution in [0.25, 0.3) is 16.7 Å². The summed E-state index contributed by atoms with van der Waals surface area (Å²) < 4.78 is 6.46. The summed E-state index contributed by atoms with van der Waals surface area (Å²) in [7, 11) is 0. The van der Waals surface area contributed by atoms with Crippen LogP contribution in [0.4, 0.5) is 23.1 Å². The first-order chi connectivity index (χ1) is 15.4. The molecule has 0 saturated carbocycles. The number of carbonyl (C=O) groups excluding carboxylic acids is 1. The van der Waals surface area contributed by atoms with Gasteiger partial charge in [0.15, 0.2) is 12.3 Å². The normalized spacial score (nSPS) is 12.8. The van der Waals surface area contributed by atoms with E-state index in [1.807, 2.05) is 0 Å². The number of fused-ring (bicyclic) bond motifs is 2. The average molecular weight is 470 g/mol. The number of carbonyl (C=O) groups is 1. The van der Waals surface area contributed by atoms with E-state index >= 15 is 0 Å². The van der Waals surface area contributed by atoms with Crippen LogP contribution in [-0.2, 0) is 4.79 Å². The Morgan fingerprint density at radius 2 is 1.91 bits per heavy atom. The van der Waals surface area contributed by atoms with Gasteiger partial charge in [-0.05, 0) is 30.3 Å². The smallest absolute Gasteiger partial charge is 0.355 e. The third-order valence-corrected chi connectivity index (χ3v) is 5.32. The van der Waals surface area contributed by atoms with Crippen molar-refractivity contribution in [3.8, 4) is 11.4 Å². The molecular weight excluding hydrogens is 457 g/mol. The second kappa shape index (κ2) is 7.66. The Morgan fingerprint density at radius 1 is 1.12 bits per heavy atom. The third kappa shape index (κ3) is 3.45. The molecule has 4 N–H and O–H groups in total. The minimum atomic E-state index is -0.691. The fraction of sp³-hybridized carbons (Fsp3) is 0.0500. The molecule has 32 heavy (non-hydrogen) atoms. The van der Waals surface area contributed by atoms with Crippen molar-refractivity contribution >= 4 is 63.3 Å². The molecule has 12 heteroatoms. The van der Waals surface area contributed by atoms with E-state index in [0.717, 1.165) is 4.57 Å². The van der Waals surface area contributed by atoms with Crippen molar-refractivity contribution in [2.24, 2.45) is 0 Å². The van der Waals surface area contributed by atoms with Crippen molar-refractivity contribution in [1.29, 1.82) is 0 Å². The third-order valence-electron chi connectivity index (χ3n) is 4.71. The predicted octanol–water partition coefficient (Wildman–Crippen LogP) is 3.14. The molecule has 0 bridgehead atoms. The molecule has 0 saturated heterocycles. The Labute approximate surface area is 190 Å². The number of amides is 1. The van der Waals surface area contributed by atoms with Gasteiger partial charge in [0.05, 0.1) is 26.8 Å². The highest BCUT2D eigenvalue weighted by Crippen LogP contribution is 2.32. The van der Waals surface area contributed by atoms with Gasteiger partial charge in [-0.3, -0.25) is 4.79 Å². The van der Waals surface area contributed by atoms with Crippen LogP contribution < -0.4 is 26.8 Å². The molecule has 4 aromatic rings. The number of hydrogen-bond donors (Lipinski definition) is 3. The fourth-order valence-electron chi connectivity index (χ4n) is 3.27. The van der Waals surface area contributed by atoms with Crippen molar-refractivity contribution in [2.75, 3.05) is 23.0 Å². The van der Waals surface area contributed by atoms with E-state index in [-0.39, 0.29) is 45.7 Å². The molecule has 1 aliphatic heterocycles. The number of nitrogens with zero attached hydrogens (tertiary/aromatic N) is 4. The number of aromatic nitrogens is 4. The molecule has 0 spiro atoms. The zero-order valence-corrected chi connectivity index (χ0v) is 17.6. The van der Waals surface area contributed by atoms with Crippen LogP contribution in [0.5, 0.6) is 5.75 Å². The van der Waals surface area contributed by atoms with Gasteiger partial charge in [-0.25, -0.2) is 14.3 Å². The lowest BCUT2D eigenvalue weighted by Crippen LogP contribution is -2.25. The Kier molecular flexibility index (Phi) is 4.80. The number of ether oxygens (including phenoxy) is 1. The molecule has 3 heterocycles. The van der Waals surface area contributed by atoms with Gasteiger partial charge in [0.1, 0.15) is 11.6 Å². The van der Waals surface area contributed by atoms with E-state index in [1.165, 1.54) is 6.20 Å². The molecule has 0 radical (unpaired) electrons. The monoisotopic (exact) mass is 469 g/mol. The summed E-state index contributed by atoms with van der Waals surface area (Å²) in [4.78, 5) is 36.8. The summed E-state index contributed by atoms with van der Waals surface area (Å²) in [5.74, 6) is 0.546. The minimum absolute atomic E-state index is 0.0302. The first-order valence-electron chi connectivity index (χ1n) is 9.24. The molecule has 2 aromatic carbocycles. The van der Waals surface area contributed by atoms with Crippen molar-refractivity contribution in [2.45, 2.75) is 0 Å². The molecule has 0 aliphatic carbocycles. The van der Waals surface area contributed by atoms with Crippen molar-refractivity contribution < 1.29 is 9.53 Å². The predicted molar refractivity (Wildman–Crippen MR) is 121 cm³/mol. The summed E-state index contributed by atoms with van der Waals surface area (Å²) in [5.41, 5.74) is 6.99. The van der Waals surface area contributed by atoms with Crippen LogP contribution in [0.15, 0.2) is 47.4 Å². The topological polar surface area (TPSA) is 137 Å². The number of benzene rings is 2. The van der Waals surface area contributed by atoms with Gasteiger partial charge in [0, 0.05) is 11.9 Å². The Balaban J connectivity index is 1.54. The van der Waals surface area contributed by atoms with Crippen molar-refractivity contribution in [3.05, 3.63) is 63.1 Å². The lowest BCUT2D eigenvalue weighted by atomic mass is 10.2. The average Bonchev–Trinajstić information content (AvgIpc) is 2.75. The van der Waals surface area contributed by atoms with E-state index in [4.69, 9.17) is 33.7 Å². The molecular formula is C20H13Cl2N7O3.